The van der Waals surface area contributed by atoms with Crippen molar-refractivity contribution in [2.24, 2.45) is 5.73 Å². The molecule has 0 fully saturated rings. The minimum Gasteiger partial charge on any atom is -0.494 e. The maximum atomic E-state index is 13.1. The maximum Gasteiger partial charge on any atom is 0.379 e. The lowest BCUT2D eigenvalue weighted by Crippen LogP contribution is -2.21. The van der Waals surface area contributed by atoms with Crippen LogP contribution in [-0.4, -0.2) is 12.6 Å². The standard InChI is InChI=1S/C30H26N2O5/c1-5-34-20-8-6-7-19(13-20)26-23-12-10-21(14-25(23)36-29(32)24(26)15-31)35-30(33)28-18(4)22-11-9-16(2)17(3)27(22)37-28/h6-14,26H,5,32H2,1-4H3. The number of ether oxygens (including phenoxy) is 3. The van der Waals surface area contributed by atoms with Gasteiger partial charge < -0.3 is 24.4 Å². The highest BCUT2D eigenvalue weighted by Crippen LogP contribution is 2.44. The summed E-state index contributed by atoms with van der Waals surface area (Å²) in [5.41, 5.74) is 11.5. The number of aryl methyl sites for hydroxylation is 3. The molecule has 1 unspecified atom stereocenters. The summed E-state index contributed by atoms with van der Waals surface area (Å²) in [5.74, 6) is 0.462. The van der Waals surface area contributed by atoms with Crippen molar-refractivity contribution in [3.63, 3.8) is 0 Å². The fourth-order valence-electron chi connectivity index (χ4n) is 4.66. The molecule has 7 heteroatoms. The molecule has 0 bridgehead atoms. The third-order valence-corrected chi connectivity index (χ3v) is 6.71. The lowest BCUT2D eigenvalue weighted by molar-refractivity contribution is 0.0702. The summed E-state index contributed by atoms with van der Waals surface area (Å²) >= 11 is 0. The minimum atomic E-state index is -0.608. The Labute approximate surface area is 214 Å². The fourth-order valence-corrected chi connectivity index (χ4v) is 4.66. The summed E-state index contributed by atoms with van der Waals surface area (Å²) in [5, 5.41) is 10.7. The van der Waals surface area contributed by atoms with Crippen molar-refractivity contribution in [3.05, 3.63) is 99.6 Å². The molecule has 0 saturated carbocycles. The van der Waals surface area contributed by atoms with E-state index in [1.807, 2.05) is 64.1 Å². The first kappa shape index (κ1) is 24.0. The number of furan rings is 1. The molecular weight excluding hydrogens is 468 g/mol. The van der Waals surface area contributed by atoms with E-state index in [2.05, 4.69) is 6.07 Å². The Kier molecular flexibility index (Phi) is 6.10. The number of fused-ring (bicyclic) bond motifs is 2. The Morgan fingerprint density at radius 1 is 1.05 bits per heavy atom. The van der Waals surface area contributed by atoms with Crippen molar-refractivity contribution in [2.75, 3.05) is 6.61 Å². The molecule has 1 aliphatic rings. The van der Waals surface area contributed by atoms with Crippen molar-refractivity contribution in [2.45, 2.75) is 33.6 Å². The molecular formula is C30H26N2O5. The van der Waals surface area contributed by atoms with Crippen LogP contribution in [0.3, 0.4) is 0 Å². The van der Waals surface area contributed by atoms with Gasteiger partial charge in [0.25, 0.3) is 0 Å². The highest BCUT2D eigenvalue weighted by molar-refractivity contribution is 5.97. The van der Waals surface area contributed by atoms with E-state index in [1.165, 1.54) is 0 Å². The van der Waals surface area contributed by atoms with Crippen LogP contribution in [0.25, 0.3) is 11.0 Å². The zero-order valence-electron chi connectivity index (χ0n) is 21.0. The van der Waals surface area contributed by atoms with Gasteiger partial charge in [0.1, 0.15) is 34.5 Å². The summed E-state index contributed by atoms with van der Waals surface area (Å²) < 4.78 is 23.0. The van der Waals surface area contributed by atoms with E-state index in [4.69, 9.17) is 24.4 Å². The van der Waals surface area contributed by atoms with Crippen molar-refractivity contribution < 1.29 is 23.4 Å². The monoisotopic (exact) mass is 494 g/mol. The predicted octanol–water partition coefficient (Wildman–Crippen LogP) is 6.19. The van der Waals surface area contributed by atoms with E-state index in [0.717, 1.165) is 33.2 Å². The molecule has 5 rings (SSSR count). The molecule has 7 nitrogen and oxygen atoms in total. The van der Waals surface area contributed by atoms with Crippen LogP contribution in [0.15, 0.2) is 70.5 Å². The van der Waals surface area contributed by atoms with Crippen molar-refractivity contribution >= 4 is 16.9 Å². The highest BCUT2D eigenvalue weighted by Gasteiger charge is 2.31. The van der Waals surface area contributed by atoms with E-state index >= 15 is 0 Å². The van der Waals surface area contributed by atoms with E-state index in [-0.39, 0.29) is 17.4 Å². The first-order valence-corrected chi connectivity index (χ1v) is 12.0. The van der Waals surface area contributed by atoms with Crippen molar-refractivity contribution in [1.29, 1.82) is 5.26 Å². The summed E-state index contributed by atoms with van der Waals surface area (Å²) in [7, 11) is 0. The van der Waals surface area contributed by atoms with Gasteiger partial charge >= 0.3 is 5.97 Å². The predicted molar refractivity (Wildman–Crippen MR) is 139 cm³/mol. The average Bonchev–Trinajstić information content (AvgIpc) is 3.22. The molecule has 186 valence electrons. The van der Waals surface area contributed by atoms with Crippen molar-refractivity contribution in [1.82, 2.24) is 0 Å². The van der Waals surface area contributed by atoms with E-state index in [0.29, 0.717) is 29.3 Å². The van der Waals surface area contributed by atoms with Gasteiger partial charge in [-0.15, -0.1) is 0 Å². The zero-order valence-corrected chi connectivity index (χ0v) is 21.0. The minimum absolute atomic E-state index is 0.00395. The second-order valence-corrected chi connectivity index (χ2v) is 8.96. The van der Waals surface area contributed by atoms with Gasteiger partial charge in [-0.25, -0.2) is 4.79 Å². The van der Waals surface area contributed by atoms with Crippen LogP contribution >= 0.6 is 0 Å². The van der Waals surface area contributed by atoms with E-state index < -0.39 is 11.9 Å². The first-order chi connectivity index (χ1) is 17.8. The lowest BCUT2D eigenvalue weighted by Gasteiger charge is -2.27. The molecule has 0 aliphatic carbocycles. The summed E-state index contributed by atoms with van der Waals surface area (Å²) in [6, 6.07) is 18.7. The summed E-state index contributed by atoms with van der Waals surface area (Å²) in [6.07, 6.45) is 0. The average molecular weight is 495 g/mol. The van der Waals surface area contributed by atoms with Crippen LogP contribution in [0, 0.1) is 32.1 Å². The molecule has 2 N–H and O–H groups in total. The summed E-state index contributed by atoms with van der Waals surface area (Å²) in [6.45, 7) is 8.23. The normalized spacial score (nSPS) is 14.6. The van der Waals surface area contributed by atoms with Crippen molar-refractivity contribution in [3.8, 4) is 23.3 Å². The number of nitrogens with two attached hydrogens (primary N) is 1. The Balaban J connectivity index is 1.49. The fraction of sp³-hybridized carbons (Fsp3) is 0.200. The number of hydrogen-bond acceptors (Lipinski definition) is 7. The topological polar surface area (TPSA) is 108 Å². The van der Waals surface area contributed by atoms with Crippen LogP contribution in [0.4, 0.5) is 0 Å². The molecule has 0 amide bonds. The molecule has 3 aromatic carbocycles. The smallest absolute Gasteiger partial charge is 0.379 e. The first-order valence-electron chi connectivity index (χ1n) is 12.0. The largest absolute Gasteiger partial charge is 0.494 e. The van der Waals surface area contributed by atoms with E-state index in [1.54, 1.807) is 18.2 Å². The molecule has 0 radical (unpaired) electrons. The maximum absolute atomic E-state index is 13.1. The number of hydrogen-bond donors (Lipinski definition) is 1. The lowest BCUT2D eigenvalue weighted by atomic mass is 9.83. The number of carbonyl (C=O) groups is 1. The van der Waals surface area contributed by atoms with Crippen LogP contribution in [0.2, 0.25) is 0 Å². The molecule has 1 aliphatic heterocycles. The van der Waals surface area contributed by atoms with Gasteiger partial charge in [0, 0.05) is 22.6 Å². The number of carbonyl (C=O) groups excluding carboxylic acids is 1. The number of nitriles is 1. The van der Waals surface area contributed by atoms with Crippen LogP contribution in [0.5, 0.6) is 17.2 Å². The SMILES string of the molecule is CCOc1cccc(C2C(C#N)=C(N)Oc3cc(OC(=O)c4oc5c(C)c(C)ccc5c4C)ccc32)c1. The molecule has 2 heterocycles. The second-order valence-electron chi connectivity index (χ2n) is 8.96. The van der Waals surface area contributed by atoms with Gasteiger partial charge in [-0.05, 0) is 62.6 Å². The number of benzene rings is 3. The molecule has 4 aromatic rings. The molecule has 0 spiro atoms. The molecule has 37 heavy (non-hydrogen) atoms. The van der Waals surface area contributed by atoms with Gasteiger partial charge in [-0.2, -0.15) is 5.26 Å². The van der Waals surface area contributed by atoms with Gasteiger partial charge in [0.2, 0.25) is 11.6 Å². The molecule has 0 saturated heterocycles. The Morgan fingerprint density at radius 3 is 2.62 bits per heavy atom. The van der Waals surface area contributed by atoms with E-state index in [9.17, 15) is 10.1 Å². The summed E-state index contributed by atoms with van der Waals surface area (Å²) in [4.78, 5) is 13.1. The zero-order chi connectivity index (χ0) is 26.3. The quantitative estimate of drug-likeness (QED) is 0.260. The number of allylic oxidation sites excluding steroid dienone is 1. The van der Waals surface area contributed by atoms with Crippen LogP contribution < -0.4 is 19.9 Å². The second kappa shape index (κ2) is 9.40. The number of nitrogens with zero attached hydrogens (tertiary/aromatic N) is 1. The Bertz CT molecular complexity index is 1620. The van der Waals surface area contributed by atoms with Crippen LogP contribution in [0.1, 0.15) is 51.2 Å². The van der Waals surface area contributed by atoms with Gasteiger partial charge in [-0.3, -0.25) is 0 Å². The van der Waals surface area contributed by atoms with Gasteiger partial charge in [0.05, 0.1) is 12.5 Å². The van der Waals surface area contributed by atoms with Gasteiger partial charge in [0.15, 0.2) is 0 Å². The van der Waals surface area contributed by atoms with Gasteiger partial charge in [-0.1, -0.05) is 30.3 Å². The Hall–Kier alpha value is -4.70. The third kappa shape index (κ3) is 4.17. The highest BCUT2D eigenvalue weighted by atomic mass is 16.5. The number of esters is 1. The Morgan fingerprint density at radius 2 is 1.86 bits per heavy atom. The number of rotatable bonds is 5. The van der Waals surface area contributed by atoms with Crippen LogP contribution in [-0.2, 0) is 0 Å². The molecule has 1 aromatic heterocycles. The third-order valence-electron chi connectivity index (χ3n) is 6.71. The molecule has 1 atom stereocenters.